The van der Waals surface area contributed by atoms with Crippen molar-refractivity contribution in [1.29, 1.82) is 0 Å². The van der Waals surface area contributed by atoms with Crippen LogP contribution in [-0.2, 0) is 41.5 Å². The summed E-state index contributed by atoms with van der Waals surface area (Å²) in [6, 6.07) is 8.88. The highest BCUT2D eigenvalue weighted by Crippen LogP contribution is 2.53. The van der Waals surface area contributed by atoms with Crippen LogP contribution < -0.4 is 4.74 Å². The minimum Gasteiger partial charge on any atom is -0.484 e. The molecule has 0 aliphatic rings. The van der Waals surface area contributed by atoms with Gasteiger partial charge in [-0.1, -0.05) is 149 Å². The van der Waals surface area contributed by atoms with Crippen molar-refractivity contribution in [3.8, 4) is 5.75 Å². The molecular formula is C41H70O8P2. The average molecular weight is 753 g/mol. The van der Waals surface area contributed by atoms with E-state index in [4.69, 9.17) is 13.8 Å². The van der Waals surface area contributed by atoms with Crippen molar-refractivity contribution in [2.45, 2.75) is 163 Å². The molecule has 292 valence electrons. The molecule has 51 heavy (non-hydrogen) atoms. The number of benzene rings is 2. The predicted octanol–water partition coefficient (Wildman–Crippen LogP) is 10.0. The van der Waals surface area contributed by atoms with Gasteiger partial charge in [0.05, 0.1) is 25.2 Å². The number of hydrogen-bond acceptors (Lipinski definition) is 8. The summed E-state index contributed by atoms with van der Waals surface area (Å²) in [5.74, 6) is 0.663. The quantitative estimate of drug-likeness (QED) is 0.144. The lowest BCUT2D eigenvalue weighted by Crippen LogP contribution is -2.46. The Hall–Kier alpha value is -1.18. The molecule has 0 fully saturated rings. The zero-order valence-electron chi connectivity index (χ0n) is 34.9. The maximum atomic E-state index is 11.5. The molecule has 0 radical (unpaired) electrons. The number of aliphatic hydroxyl groups is 1. The molecule has 2 aromatic rings. The van der Waals surface area contributed by atoms with Crippen molar-refractivity contribution in [1.82, 2.24) is 0 Å². The van der Waals surface area contributed by atoms with Crippen LogP contribution in [0.1, 0.15) is 170 Å². The summed E-state index contributed by atoms with van der Waals surface area (Å²) in [6.45, 7) is 37.6. The first-order chi connectivity index (χ1) is 22.7. The number of aliphatic hydroxyl groups excluding tert-OH is 1. The Morgan fingerprint density at radius 1 is 0.490 bits per heavy atom. The monoisotopic (exact) mass is 752 g/mol. The van der Waals surface area contributed by atoms with E-state index in [-0.39, 0.29) is 21.7 Å². The molecule has 2 aromatic carbocycles. The second-order valence-corrected chi connectivity index (χ2v) is 22.0. The maximum Gasteiger partial charge on any atom is 0.327 e. The molecule has 10 heteroatoms. The van der Waals surface area contributed by atoms with Crippen molar-refractivity contribution in [3.63, 3.8) is 0 Å². The van der Waals surface area contributed by atoms with Gasteiger partial charge < -0.3 is 38.5 Å². The number of ether oxygens (including phenoxy) is 1. The fourth-order valence-corrected chi connectivity index (χ4v) is 7.01. The largest absolute Gasteiger partial charge is 0.484 e. The lowest BCUT2D eigenvalue weighted by molar-refractivity contribution is -0.0674. The average Bonchev–Trinajstić information content (AvgIpc) is 2.92. The van der Waals surface area contributed by atoms with Crippen molar-refractivity contribution in [3.05, 3.63) is 63.2 Å². The van der Waals surface area contributed by atoms with Crippen LogP contribution >= 0.6 is 17.2 Å². The highest BCUT2D eigenvalue weighted by atomic mass is 31.2. The Balaban J connectivity index is 3.44. The lowest BCUT2D eigenvalue weighted by atomic mass is 9.67. The Labute approximate surface area is 312 Å². The number of hydrogen-bond donors (Lipinski definition) is 5. The lowest BCUT2D eigenvalue weighted by Gasteiger charge is -2.45. The summed E-state index contributed by atoms with van der Waals surface area (Å²) in [5, 5.41) is 11.5. The van der Waals surface area contributed by atoms with Gasteiger partial charge >= 0.3 is 17.2 Å². The fourth-order valence-electron chi connectivity index (χ4n) is 6.26. The molecule has 0 heterocycles. The zero-order valence-corrected chi connectivity index (χ0v) is 36.7. The van der Waals surface area contributed by atoms with Gasteiger partial charge in [0.25, 0.3) is 0 Å². The van der Waals surface area contributed by atoms with Gasteiger partial charge in [-0.25, -0.2) is 0 Å². The zero-order chi connectivity index (χ0) is 39.9. The van der Waals surface area contributed by atoms with E-state index in [0.717, 1.165) is 33.4 Å². The van der Waals surface area contributed by atoms with Crippen LogP contribution in [0, 0.1) is 5.41 Å². The van der Waals surface area contributed by atoms with Crippen LogP contribution in [0.15, 0.2) is 24.3 Å². The SMILES string of the molecule is CC(C)(C)c1cc(C(C)(C)C)c(OC(c2c(C(C)(C)C)cc(C(C)(C)C)cc2C(C)(C)C)C(CO)(COP(O)O)COP(O)O)c(C(C)(C)C)c1. The van der Waals surface area contributed by atoms with Gasteiger partial charge in [-0.05, 0) is 54.7 Å². The third kappa shape index (κ3) is 11.7. The highest BCUT2D eigenvalue weighted by Gasteiger charge is 2.48. The Kier molecular flexibility index (Phi) is 14.3. The molecule has 0 saturated carbocycles. The van der Waals surface area contributed by atoms with Crippen LogP contribution in [-0.4, -0.2) is 44.5 Å². The minimum atomic E-state index is -2.84. The van der Waals surface area contributed by atoms with Gasteiger partial charge in [-0.15, -0.1) is 0 Å². The second kappa shape index (κ2) is 15.9. The van der Waals surface area contributed by atoms with Crippen molar-refractivity contribution < 1.29 is 38.5 Å². The van der Waals surface area contributed by atoms with Crippen LogP contribution in [0.5, 0.6) is 5.75 Å². The fraction of sp³-hybridized carbons (Fsp3) is 0.707. The first kappa shape index (κ1) is 46.0. The third-order valence-electron chi connectivity index (χ3n) is 9.54. The highest BCUT2D eigenvalue weighted by molar-refractivity contribution is 7.39. The topological polar surface area (TPSA) is 129 Å². The van der Waals surface area contributed by atoms with Gasteiger partial charge in [-0.3, -0.25) is 0 Å². The predicted molar refractivity (Wildman–Crippen MR) is 213 cm³/mol. The summed E-state index contributed by atoms with van der Waals surface area (Å²) >= 11 is 0. The van der Waals surface area contributed by atoms with Crippen LogP contribution in [0.4, 0.5) is 0 Å². The molecule has 2 rings (SSSR count). The summed E-state index contributed by atoms with van der Waals surface area (Å²) in [6.07, 6.45) is -1.02. The Morgan fingerprint density at radius 3 is 1.02 bits per heavy atom. The van der Waals surface area contributed by atoms with Gasteiger partial charge in [-0.2, -0.15) is 0 Å². The van der Waals surface area contributed by atoms with Crippen LogP contribution in [0.2, 0.25) is 0 Å². The summed E-state index contributed by atoms with van der Waals surface area (Å²) in [5.41, 5.74) is 3.62. The number of rotatable bonds is 11. The summed E-state index contributed by atoms with van der Waals surface area (Å²) in [7, 11) is -5.68. The normalized spacial score (nSPS) is 14.8. The molecule has 0 aliphatic heterocycles. The minimum absolute atomic E-state index is 0.158. The van der Waals surface area contributed by atoms with Crippen LogP contribution in [0.3, 0.4) is 0 Å². The third-order valence-corrected chi connectivity index (χ3v) is 10.3. The molecule has 5 N–H and O–H groups in total. The molecular weight excluding hydrogens is 682 g/mol. The van der Waals surface area contributed by atoms with Gasteiger partial charge in [0.1, 0.15) is 11.9 Å². The molecule has 0 bridgehead atoms. The van der Waals surface area contributed by atoms with Crippen molar-refractivity contribution in [2.75, 3.05) is 19.8 Å². The molecule has 0 amide bonds. The molecule has 0 spiro atoms. The van der Waals surface area contributed by atoms with Crippen molar-refractivity contribution >= 4 is 17.2 Å². The van der Waals surface area contributed by atoms with Gasteiger partial charge in [0, 0.05) is 16.7 Å². The van der Waals surface area contributed by atoms with E-state index in [1.54, 1.807) is 0 Å². The molecule has 0 aliphatic carbocycles. The summed E-state index contributed by atoms with van der Waals surface area (Å²) < 4.78 is 18.7. The van der Waals surface area contributed by atoms with E-state index >= 15 is 0 Å². The first-order valence-electron chi connectivity index (χ1n) is 17.9. The first-order valence-corrected chi connectivity index (χ1v) is 20.3. The van der Waals surface area contributed by atoms with E-state index in [1.165, 1.54) is 5.56 Å². The Bertz CT molecular complexity index is 1390. The molecule has 0 aromatic heterocycles. The molecule has 1 atom stereocenters. The smallest absolute Gasteiger partial charge is 0.327 e. The van der Waals surface area contributed by atoms with Crippen LogP contribution in [0.25, 0.3) is 0 Å². The van der Waals surface area contributed by atoms with E-state index < -0.39 is 59.4 Å². The van der Waals surface area contributed by atoms with Crippen molar-refractivity contribution in [2.24, 2.45) is 5.41 Å². The van der Waals surface area contributed by atoms with E-state index in [0.29, 0.717) is 5.75 Å². The molecule has 8 nitrogen and oxygen atoms in total. The maximum absolute atomic E-state index is 11.5. The molecule has 0 saturated heterocycles. The van der Waals surface area contributed by atoms with E-state index in [9.17, 15) is 24.7 Å². The second-order valence-electron chi connectivity index (χ2n) is 20.5. The summed E-state index contributed by atoms with van der Waals surface area (Å²) in [4.78, 5) is 40.3. The Morgan fingerprint density at radius 2 is 0.784 bits per heavy atom. The molecule has 1 unspecified atom stereocenters. The van der Waals surface area contributed by atoms with E-state index in [1.807, 2.05) is 0 Å². The van der Waals surface area contributed by atoms with Gasteiger partial charge in [0.15, 0.2) is 0 Å². The van der Waals surface area contributed by atoms with E-state index in [2.05, 4.69) is 149 Å². The van der Waals surface area contributed by atoms with Gasteiger partial charge in [0.2, 0.25) is 0 Å². The standard InChI is InChI=1S/C41H70O8P2/c1-35(2,3)26-19-28(37(7,8)9)32(29(20-26)38(10,11)12)34(41(23-42,24-47-50(43)44)25-48-51(45)46)49-33-30(39(13,14)15)21-27(36(4,5)6)22-31(33)40(16,17)18/h19-22,34,42-46H,23-25H2,1-18H3.